The van der Waals surface area contributed by atoms with E-state index in [0.29, 0.717) is 0 Å². The van der Waals surface area contributed by atoms with Gasteiger partial charge in [0.2, 0.25) is 5.91 Å². The lowest BCUT2D eigenvalue weighted by Crippen LogP contribution is -2.21. The number of nitrogens with zero attached hydrogens (tertiary/aromatic N) is 1. The number of aliphatic carboxylic acids is 1. The summed E-state index contributed by atoms with van der Waals surface area (Å²) < 4.78 is 9.55. The third-order valence-electron chi connectivity index (χ3n) is 2.13. The van der Waals surface area contributed by atoms with E-state index in [-0.39, 0.29) is 17.1 Å². The number of carbonyl (C=O) groups excluding carboxylic acids is 1. The molecule has 9 nitrogen and oxygen atoms in total. The molecule has 108 valence electrons. The molecule has 20 heavy (non-hydrogen) atoms. The van der Waals surface area contributed by atoms with Crippen LogP contribution in [0.25, 0.3) is 0 Å². The van der Waals surface area contributed by atoms with Crippen molar-refractivity contribution in [3.63, 3.8) is 0 Å². The Bertz CT molecular complexity index is 530. The van der Waals surface area contributed by atoms with Gasteiger partial charge in [-0.25, -0.2) is 4.79 Å². The molecular weight excluding hydrogens is 272 g/mol. The number of nitro benzene ring substituents is 1. The Hall–Kier alpha value is -2.68. The third kappa shape index (κ3) is 4.53. The quantitative estimate of drug-likeness (QED) is 0.555. The highest BCUT2D eigenvalue weighted by molar-refractivity contribution is 5.93. The molecule has 0 saturated carbocycles. The fourth-order valence-corrected chi connectivity index (χ4v) is 1.32. The summed E-state index contributed by atoms with van der Waals surface area (Å²) in [5, 5.41) is 21.3. The molecule has 1 aromatic rings. The van der Waals surface area contributed by atoms with Gasteiger partial charge in [-0.15, -0.1) is 0 Å². The van der Waals surface area contributed by atoms with Crippen molar-refractivity contribution in [2.75, 3.05) is 25.6 Å². The number of carboxylic acids is 1. The number of ether oxygens (including phenoxy) is 2. The molecule has 0 aliphatic carbocycles. The predicted molar refractivity (Wildman–Crippen MR) is 66.7 cm³/mol. The van der Waals surface area contributed by atoms with Gasteiger partial charge >= 0.3 is 5.97 Å². The van der Waals surface area contributed by atoms with Crippen molar-refractivity contribution < 1.29 is 29.1 Å². The molecule has 0 aromatic heterocycles. The number of non-ortho nitro benzene ring substituents is 1. The van der Waals surface area contributed by atoms with Gasteiger partial charge in [0.05, 0.1) is 17.7 Å². The van der Waals surface area contributed by atoms with Crippen LogP contribution in [0.3, 0.4) is 0 Å². The third-order valence-corrected chi connectivity index (χ3v) is 2.13. The van der Waals surface area contributed by atoms with Crippen LogP contribution in [-0.2, 0) is 14.3 Å². The standard InChI is InChI=1S/C11H12N2O7/c1-19-9-3-2-7(13(17)18)4-8(9)12-10(14)5-20-6-11(15)16/h2-4H,5-6H2,1H3,(H,12,14)(H,15,16). The number of carboxylic acid groups (broad SMARTS) is 1. The van der Waals surface area contributed by atoms with Crippen LogP contribution in [-0.4, -0.2) is 42.2 Å². The molecule has 0 aliphatic rings. The van der Waals surface area contributed by atoms with Crippen LogP contribution in [0.15, 0.2) is 18.2 Å². The van der Waals surface area contributed by atoms with E-state index in [0.717, 1.165) is 6.07 Å². The maximum Gasteiger partial charge on any atom is 0.329 e. The van der Waals surface area contributed by atoms with E-state index in [2.05, 4.69) is 10.1 Å². The number of hydrogen-bond acceptors (Lipinski definition) is 6. The van der Waals surface area contributed by atoms with Gasteiger partial charge in [0.1, 0.15) is 19.0 Å². The number of amides is 1. The zero-order chi connectivity index (χ0) is 15.1. The van der Waals surface area contributed by atoms with Crippen molar-refractivity contribution in [1.82, 2.24) is 0 Å². The largest absolute Gasteiger partial charge is 0.495 e. The molecule has 0 atom stereocenters. The molecule has 1 amide bonds. The first-order chi connectivity index (χ1) is 9.43. The smallest absolute Gasteiger partial charge is 0.329 e. The van der Waals surface area contributed by atoms with Crippen molar-refractivity contribution in [2.24, 2.45) is 0 Å². The lowest BCUT2D eigenvalue weighted by molar-refractivity contribution is -0.384. The Morgan fingerprint density at radius 2 is 2.10 bits per heavy atom. The fourth-order valence-electron chi connectivity index (χ4n) is 1.32. The zero-order valence-corrected chi connectivity index (χ0v) is 10.5. The van der Waals surface area contributed by atoms with Gasteiger partial charge in [-0.2, -0.15) is 0 Å². The lowest BCUT2D eigenvalue weighted by Gasteiger charge is -2.09. The van der Waals surface area contributed by atoms with Crippen LogP contribution < -0.4 is 10.1 Å². The molecule has 1 aromatic carbocycles. The first kappa shape index (κ1) is 15.4. The summed E-state index contributed by atoms with van der Waals surface area (Å²) in [6.45, 7) is -1.10. The second-order valence-corrected chi connectivity index (χ2v) is 3.58. The van der Waals surface area contributed by atoms with Gasteiger partial charge in [0, 0.05) is 12.1 Å². The van der Waals surface area contributed by atoms with Gasteiger partial charge in [-0.3, -0.25) is 14.9 Å². The minimum Gasteiger partial charge on any atom is -0.495 e. The predicted octanol–water partition coefficient (Wildman–Crippen LogP) is 0.643. The molecule has 2 N–H and O–H groups in total. The molecule has 0 radical (unpaired) electrons. The molecule has 0 saturated heterocycles. The first-order valence-electron chi connectivity index (χ1n) is 5.36. The van der Waals surface area contributed by atoms with E-state index >= 15 is 0 Å². The van der Waals surface area contributed by atoms with Crippen molar-refractivity contribution >= 4 is 23.3 Å². The molecule has 0 unspecified atom stereocenters. The molecule has 0 fully saturated rings. The normalized spacial score (nSPS) is 9.85. The number of nitrogens with one attached hydrogen (secondary N) is 1. The summed E-state index contributed by atoms with van der Waals surface area (Å²) in [7, 11) is 1.34. The van der Waals surface area contributed by atoms with E-state index < -0.39 is 30.0 Å². The molecular formula is C11H12N2O7. The molecule has 9 heteroatoms. The van der Waals surface area contributed by atoms with E-state index in [4.69, 9.17) is 9.84 Å². The van der Waals surface area contributed by atoms with Crippen molar-refractivity contribution in [3.8, 4) is 5.75 Å². The second-order valence-electron chi connectivity index (χ2n) is 3.58. The van der Waals surface area contributed by atoms with Crippen LogP contribution in [0.5, 0.6) is 5.75 Å². The molecule has 0 aliphatic heterocycles. The summed E-state index contributed by atoms with van der Waals surface area (Å²) in [4.78, 5) is 31.7. The van der Waals surface area contributed by atoms with Gasteiger partial charge in [-0.05, 0) is 6.07 Å². The minimum atomic E-state index is -1.20. The number of carbonyl (C=O) groups is 2. The first-order valence-corrected chi connectivity index (χ1v) is 5.36. The SMILES string of the molecule is COc1ccc([N+](=O)[O-])cc1NC(=O)COCC(=O)O. The average molecular weight is 284 g/mol. The average Bonchev–Trinajstić information content (AvgIpc) is 2.38. The van der Waals surface area contributed by atoms with Crippen molar-refractivity contribution in [2.45, 2.75) is 0 Å². The summed E-state index contributed by atoms with van der Waals surface area (Å²) in [5.41, 5.74) is -0.113. The highest BCUT2D eigenvalue weighted by Gasteiger charge is 2.13. The molecule has 0 heterocycles. The number of methoxy groups -OCH3 is 1. The summed E-state index contributed by atoms with van der Waals surface area (Å²) in [6.07, 6.45) is 0. The van der Waals surface area contributed by atoms with Crippen LogP contribution in [0.1, 0.15) is 0 Å². The summed E-state index contributed by atoms with van der Waals surface area (Å²) in [5.74, 6) is -1.61. The van der Waals surface area contributed by atoms with E-state index in [1.807, 2.05) is 0 Å². The summed E-state index contributed by atoms with van der Waals surface area (Å²) >= 11 is 0. The molecule has 0 spiro atoms. The molecule has 1 rings (SSSR count). The maximum atomic E-state index is 11.5. The van der Waals surface area contributed by atoms with Crippen LogP contribution in [0, 0.1) is 10.1 Å². The van der Waals surface area contributed by atoms with Gasteiger partial charge in [0.15, 0.2) is 0 Å². The maximum absolute atomic E-state index is 11.5. The number of nitro groups is 1. The Kier molecular flexibility index (Phi) is 5.42. The number of anilines is 1. The Morgan fingerprint density at radius 3 is 2.65 bits per heavy atom. The Balaban J connectivity index is 2.74. The van der Waals surface area contributed by atoms with Gasteiger partial charge in [-0.1, -0.05) is 0 Å². The number of rotatable bonds is 7. The molecule has 0 bridgehead atoms. The topological polar surface area (TPSA) is 128 Å². The van der Waals surface area contributed by atoms with Gasteiger partial charge in [0.25, 0.3) is 5.69 Å². The van der Waals surface area contributed by atoms with Crippen LogP contribution in [0.2, 0.25) is 0 Å². The fraction of sp³-hybridized carbons (Fsp3) is 0.273. The number of benzene rings is 1. The lowest BCUT2D eigenvalue weighted by atomic mass is 10.2. The van der Waals surface area contributed by atoms with E-state index in [1.165, 1.54) is 19.2 Å². The monoisotopic (exact) mass is 284 g/mol. The van der Waals surface area contributed by atoms with Crippen molar-refractivity contribution in [3.05, 3.63) is 28.3 Å². The highest BCUT2D eigenvalue weighted by Crippen LogP contribution is 2.28. The minimum absolute atomic E-state index is 0.102. The highest BCUT2D eigenvalue weighted by atomic mass is 16.6. The Morgan fingerprint density at radius 1 is 1.40 bits per heavy atom. The second kappa shape index (κ2) is 7.04. The van der Waals surface area contributed by atoms with Crippen molar-refractivity contribution in [1.29, 1.82) is 0 Å². The number of hydrogen-bond donors (Lipinski definition) is 2. The van der Waals surface area contributed by atoms with Crippen LogP contribution in [0.4, 0.5) is 11.4 Å². The summed E-state index contributed by atoms with van der Waals surface area (Å²) in [6, 6.07) is 3.70. The zero-order valence-electron chi connectivity index (χ0n) is 10.5. The van der Waals surface area contributed by atoms with Crippen LogP contribution >= 0.6 is 0 Å². The van der Waals surface area contributed by atoms with E-state index in [1.54, 1.807) is 0 Å². The van der Waals surface area contributed by atoms with Gasteiger partial charge < -0.3 is 19.9 Å². The Labute approximate surface area is 113 Å². The van der Waals surface area contributed by atoms with E-state index in [9.17, 15) is 19.7 Å².